The van der Waals surface area contributed by atoms with Crippen LogP contribution in [0.1, 0.15) is 17.5 Å². The number of hydrogen-bond donors (Lipinski definition) is 5. The Morgan fingerprint density at radius 3 is 1.86 bits per heavy atom. The fourth-order valence-electron chi connectivity index (χ4n) is 3.84. The highest BCUT2D eigenvalue weighted by molar-refractivity contribution is 6.31. The zero-order valence-corrected chi connectivity index (χ0v) is 20.0. The summed E-state index contributed by atoms with van der Waals surface area (Å²) in [6.45, 7) is 0. The third kappa shape index (κ3) is 6.14. The molecule has 4 aromatic rings. The van der Waals surface area contributed by atoms with Gasteiger partial charge in [-0.3, -0.25) is 16.3 Å². The summed E-state index contributed by atoms with van der Waals surface area (Å²) in [5.74, 6) is -1.88. The van der Waals surface area contributed by atoms with E-state index in [0.29, 0.717) is 10.0 Å². The molecule has 0 bridgehead atoms. The van der Waals surface area contributed by atoms with Crippen molar-refractivity contribution < 1.29 is 24.2 Å². The molecule has 0 aliphatic heterocycles. The Morgan fingerprint density at radius 2 is 1.34 bits per heavy atom. The molecule has 184 valence electrons. The summed E-state index contributed by atoms with van der Waals surface area (Å²) >= 11 is 12.1. The summed E-state index contributed by atoms with van der Waals surface area (Å²) < 4.78 is 10.3. The Balaban J connectivity index is 1.26. The Hall–Kier alpha value is -3.08. The lowest BCUT2D eigenvalue weighted by atomic mass is 10.1. The number of nitrogens with one attached hydrogen (secondary N) is 2. The number of aliphatic hydroxyl groups is 1. The van der Waals surface area contributed by atoms with Crippen molar-refractivity contribution in [3.05, 3.63) is 70.0 Å². The van der Waals surface area contributed by atoms with Crippen molar-refractivity contribution >= 4 is 56.9 Å². The van der Waals surface area contributed by atoms with Crippen LogP contribution >= 0.6 is 23.2 Å². The summed E-state index contributed by atoms with van der Waals surface area (Å²) in [5, 5.41) is 12.9. The van der Waals surface area contributed by atoms with E-state index < -0.39 is 36.9 Å². The van der Waals surface area contributed by atoms with Gasteiger partial charge in [-0.2, -0.15) is 0 Å². The van der Waals surface area contributed by atoms with E-state index >= 15 is 0 Å². The van der Waals surface area contributed by atoms with Crippen LogP contribution in [0.25, 0.3) is 21.8 Å². The molecule has 0 fully saturated rings. The molecule has 7 N–H and O–H groups in total. The van der Waals surface area contributed by atoms with Gasteiger partial charge in [-0.15, -0.1) is 0 Å². The molecular formula is C24H24Cl2N4O5. The third-order valence-corrected chi connectivity index (χ3v) is 5.95. The van der Waals surface area contributed by atoms with Crippen molar-refractivity contribution in [3.63, 3.8) is 0 Å². The molecule has 0 spiro atoms. The number of aromatic nitrogens is 2. The van der Waals surface area contributed by atoms with Gasteiger partial charge in [-0.1, -0.05) is 23.2 Å². The molecule has 0 aliphatic rings. The number of carbonyl (C=O) groups excluding carboxylic acids is 2. The smallest absolute Gasteiger partial charge is 0.337 e. The number of halogens is 2. The maximum atomic E-state index is 12.2. The van der Waals surface area contributed by atoms with E-state index in [1.54, 1.807) is 36.7 Å². The van der Waals surface area contributed by atoms with Crippen LogP contribution in [0.4, 0.5) is 0 Å². The molecule has 9 nitrogen and oxygen atoms in total. The lowest BCUT2D eigenvalue weighted by Crippen LogP contribution is -2.37. The Labute approximate surface area is 210 Å². The zero-order chi connectivity index (χ0) is 25.1. The fraction of sp³-hybridized carbons (Fsp3) is 0.250. The van der Waals surface area contributed by atoms with E-state index in [4.69, 9.17) is 44.1 Å². The highest BCUT2D eigenvalue weighted by atomic mass is 35.5. The number of hydrogen-bond acceptors (Lipinski definition) is 7. The topological polar surface area (TPSA) is 156 Å². The summed E-state index contributed by atoms with van der Waals surface area (Å²) in [6.07, 6.45) is -0.502. The van der Waals surface area contributed by atoms with Gasteiger partial charge in [0.1, 0.15) is 0 Å². The molecule has 35 heavy (non-hydrogen) atoms. The normalized spacial score (nSPS) is 14.1. The lowest BCUT2D eigenvalue weighted by Gasteiger charge is -2.17. The van der Waals surface area contributed by atoms with Gasteiger partial charge in [-0.05, 0) is 47.5 Å². The molecule has 3 unspecified atom stereocenters. The first-order valence-electron chi connectivity index (χ1n) is 10.8. The maximum Gasteiger partial charge on any atom is 0.337 e. The first-order chi connectivity index (χ1) is 16.7. The summed E-state index contributed by atoms with van der Waals surface area (Å²) in [5.41, 5.74) is 15.2. The number of fused-ring (bicyclic) bond motifs is 2. The number of aliphatic hydroxyl groups excluding tert-OH is 1. The standard InChI is InChI=1S/C24H24Cl2N4O5/c25-14-1-3-18-16(7-14)12(10-29-18)5-21(27)34-23(32)9-20(31)24(33)35-22(28)6-13-11-30-19-4-2-15(26)8-17(13)19/h1-4,7-8,10-11,20-22,29-31H,5-6,9,27-28H2. The van der Waals surface area contributed by atoms with Crippen molar-refractivity contribution in [1.29, 1.82) is 0 Å². The van der Waals surface area contributed by atoms with Gasteiger partial charge in [-0.25, -0.2) is 4.79 Å². The van der Waals surface area contributed by atoms with Crippen LogP contribution in [0.3, 0.4) is 0 Å². The lowest BCUT2D eigenvalue weighted by molar-refractivity contribution is -0.165. The molecule has 11 heteroatoms. The molecule has 0 radical (unpaired) electrons. The van der Waals surface area contributed by atoms with Crippen LogP contribution in [-0.4, -0.2) is 45.6 Å². The second-order valence-electron chi connectivity index (χ2n) is 8.14. The van der Waals surface area contributed by atoms with Crippen LogP contribution in [0.5, 0.6) is 0 Å². The number of benzene rings is 2. The average molecular weight is 519 g/mol. The molecule has 2 heterocycles. The molecule has 2 aromatic carbocycles. The number of aromatic amines is 2. The van der Waals surface area contributed by atoms with Crippen molar-refractivity contribution in [3.8, 4) is 0 Å². The molecule has 3 atom stereocenters. The van der Waals surface area contributed by atoms with Crippen LogP contribution in [-0.2, 0) is 31.9 Å². The molecule has 2 aromatic heterocycles. The van der Waals surface area contributed by atoms with Gasteiger partial charge in [0, 0.05) is 57.1 Å². The Bertz CT molecular complexity index is 1370. The predicted molar refractivity (Wildman–Crippen MR) is 133 cm³/mol. The Kier molecular flexibility index (Phi) is 7.63. The van der Waals surface area contributed by atoms with Gasteiger partial charge in [0.15, 0.2) is 18.6 Å². The largest absolute Gasteiger partial charge is 0.446 e. The SMILES string of the molecule is NC(Cc1c[nH]c2ccc(Cl)cc12)OC(=O)CC(O)C(=O)OC(N)Cc1c[nH]c2ccc(Cl)cc12. The quantitative estimate of drug-likeness (QED) is 0.168. The van der Waals surface area contributed by atoms with E-state index in [2.05, 4.69) is 9.97 Å². The Morgan fingerprint density at radius 1 is 0.857 bits per heavy atom. The number of H-pyrrole nitrogens is 2. The van der Waals surface area contributed by atoms with Crippen molar-refractivity contribution in [2.24, 2.45) is 11.5 Å². The minimum absolute atomic E-state index is 0.183. The minimum Gasteiger partial charge on any atom is -0.446 e. The highest BCUT2D eigenvalue weighted by Crippen LogP contribution is 2.24. The molecule has 0 saturated heterocycles. The number of nitrogens with two attached hydrogens (primary N) is 2. The maximum absolute atomic E-state index is 12.2. The first-order valence-corrected chi connectivity index (χ1v) is 11.6. The minimum atomic E-state index is -1.75. The fourth-order valence-corrected chi connectivity index (χ4v) is 4.19. The third-order valence-electron chi connectivity index (χ3n) is 5.48. The number of ether oxygens (including phenoxy) is 2. The van der Waals surface area contributed by atoms with E-state index in [-0.39, 0.29) is 12.8 Å². The van der Waals surface area contributed by atoms with Crippen LogP contribution in [0, 0.1) is 0 Å². The molecule has 4 rings (SSSR count). The molecular weight excluding hydrogens is 495 g/mol. The first kappa shape index (κ1) is 25.0. The monoisotopic (exact) mass is 518 g/mol. The van der Waals surface area contributed by atoms with Gasteiger partial charge >= 0.3 is 11.9 Å². The van der Waals surface area contributed by atoms with E-state index in [0.717, 1.165) is 32.9 Å². The van der Waals surface area contributed by atoms with Gasteiger partial charge in [0.25, 0.3) is 0 Å². The van der Waals surface area contributed by atoms with Crippen LogP contribution < -0.4 is 11.5 Å². The molecule has 0 saturated carbocycles. The number of esters is 2. The summed E-state index contributed by atoms with van der Waals surface area (Å²) in [4.78, 5) is 30.6. The molecule has 0 amide bonds. The zero-order valence-electron chi connectivity index (χ0n) is 18.5. The summed E-state index contributed by atoms with van der Waals surface area (Å²) in [6, 6.07) is 10.7. The summed E-state index contributed by atoms with van der Waals surface area (Å²) in [7, 11) is 0. The van der Waals surface area contributed by atoms with Gasteiger partial charge in [0.05, 0.1) is 6.42 Å². The van der Waals surface area contributed by atoms with E-state index in [1.165, 1.54) is 0 Å². The van der Waals surface area contributed by atoms with Crippen LogP contribution in [0.15, 0.2) is 48.8 Å². The average Bonchev–Trinajstić information content (AvgIpc) is 3.37. The van der Waals surface area contributed by atoms with Gasteiger partial charge < -0.3 is 24.5 Å². The number of carbonyl (C=O) groups is 2. The molecule has 0 aliphatic carbocycles. The van der Waals surface area contributed by atoms with Crippen molar-refractivity contribution in [1.82, 2.24) is 9.97 Å². The second kappa shape index (κ2) is 10.7. The highest BCUT2D eigenvalue weighted by Gasteiger charge is 2.25. The predicted octanol–water partition coefficient (Wildman–Crippen LogP) is 3.15. The van der Waals surface area contributed by atoms with E-state index in [9.17, 15) is 14.7 Å². The number of rotatable bonds is 9. The van der Waals surface area contributed by atoms with Crippen molar-refractivity contribution in [2.75, 3.05) is 0 Å². The van der Waals surface area contributed by atoms with Gasteiger partial charge in [0.2, 0.25) is 0 Å². The van der Waals surface area contributed by atoms with E-state index in [1.807, 2.05) is 12.1 Å². The van der Waals surface area contributed by atoms with Crippen molar-refractivity contribution in [2.45, 2.75) is 37.8 Å². The van der Waals surface area contributed by atoms with Crippen LogP contribution in [0.2, 0.25) is 10.0 Å². The second-order valence-corrected chi connectivity index (χ2v) is 9.01.